The summed E-state index contributed by atoms with van der Waals surface area (Å²) < 4.78 is 11.2. The zero-order valence-corrected chi connectivity index (χ0v) is 23.2. The van der Waals surface area contributed by atoms with Crippen molar-refractivity contribution in [2.75, 3.05) is 19.0 Å². The third-order valence-electron chi connectivity index (χ3n) is 5.77. The summed E-state index contributed by atoms with van der Waals surface area (Å²) in [4.78, 5) is 30.4. The van der Waals surface area contributed by atoms with E-state index in [0.717, 1.165) is 34.0 Å². The average molecular weight is 539 g/mol. The number of carbonyl (C=O) groups is 2. The van der Waals surface area contributed by atoms with Crippen LogP contribution in [0.3, 0.4) is 0 Å². The maximum absolute atomic E-state index is 12.9. The number of carbonyl (C=O) groups excluding carboxylic acids is 2. The third-order valence-corrected chi connectivity index (χ3v) is 8.10. The largest absolute Gasteiger partial charge is 0.493 e. The van der Waals surface area contributed by atoms with Crippen LogP contribution in [-0.4, -0.2) is 45.8 Å². The van der Waals surface area contributed by atoms with Gasteiger partial charge in [0.2, 0.25) is 0 Å². The first kappa shape index (κ1) is 26.7. The minimum Gasteiger partial charge on any atom is -0.493 e. The fraction of sp³-hybridized carbons (Fsp3) is 0.333. The number of benzene rings is 2. The molecule has 0 bridgehead atoms. The summed E-state index contributed by atoms with van der Waals surface area (Å²) in [6.45, 7) is 8.54. The Morgan fingerprint density at radius 2 is 1.86 bits per heavy atom. The molecule has 0 aliphatic carbocycles. The van der Waals surface area contributed by atoms with Gasteiger partial charge in [0.15, 0.2) is 11.5 Å². The Morgan fingerprint density at radius 1 is 1.11 bits per heavy atom. The molecule has 4 rings (SSSR count). The summed E-state index contributed by atoms with van der Waals surface area (Å²) in [5.74, 6) is 1.13. The quantitative estimate of drug-likeness (QED) is 0.345. The molecule has 1 aliphatic rings. The van der Waals surface area contributed by atoms with Gasteiger partial charge in [0, 0.05) is 11.3 Å². The molecular formula is C27H30N4O4S2. The lowest BCUT2D eigenvalue weighted by Gasteiger charge is -2.28. The molecule has 1 aliphatic heterocycles. The van der Waals surface area contributed by atoms with Crippen LogP contribution in [0.1, 0.15) is 51.8 Å². The Bertz CT molecular complexity index is 1320. The van der Waals surface area contributed by atoms with Crippen LogP contribution >= 0.6 is 23.1 Å². The number of hydrazone groups is 1. The van der Waals surface area contributed by atoms with Gasteiger partial charge in [0.05, 0.1) is 41.9 Å². The summed E-state index contributed by atoms with van der Waals surface area (Å²) in [6.07, 6.45) is 0.770. The van der Waals surface area contributed by atoms with Crippen LogP contribution < -0.4 is 14.8 Å². The minimum atomic E-state index is -0.177. The molecule has 2 aromatic carbocycles. The van der Waals surface area contributed by atoms with E-state index >= 15 is 0 Å². The Hall–Kier alpha value is -3.37. The van der Waals surface area contributed by atoms with Gasteiger partial charge in [-0.1, -0.05) is 30.8 Å². The number of nitrogens with zero attached hydrogens (tertiary/aromatic N) is 3. The second kappa shape index (κ2) is 11.8. The Balaban J connectivity index is 1.52. The van der Waals surface area contributed by atoms with E-state index in [1.54, 1.807) is 7.11 Å². The number of hydrogen-bond acceptors (Lipinski definition) is 8. The van der Waals surface area contributed by atoms with Gasteiger partial charge < -0.3 is 14.8 Å². The lowest BCUT2D eigenvalue weighted by Crippen LogP contribution is -2.34. The molecule has 0 saturated heterocycles. The number of thioether (sulfide) groups is 1. The van der Waals surface area contributed by atoms with Crippen molar-refractivity contribution in [1.29, 1.82) is 0 Å². The number of anilines is 1. The van der Waals surface area contributed by atoms with Crippen LogP contribution in [-0.2, 0) is 6.54 Å². The highest BCUT2D eigenvalue weighted by molar-refractivity contribution is 8.14. The SMILES string of the molecule is CCOc1ccc(C2=NN(Cc3ccc(NC(=O)c4sc(C)nc4C)cc3)C(=O)SC2CC)cc1OC. The van der Waals surface area contributed by atoms with Gasteiger partial charge in [-0.3, -0.25) is 9.59 Å². The van der Waals surface area contributed by atoms with Crippen molar-refractivity contribution in [2.24, 2.45) is 5.10 Å². The maximum atomic E-state index is 12.9. The second-order valence-electron chi connectivity index (χ2n) is 8.42. The Kier molecular flexibility index (Phi) is 8.50. The molecule has 10 heteroatoms. The summed E-state index contributed by atoms with van der Waals surface area (Å²) in [7, 11) is 1.61. The van der Waals surface area contributed by atoms with Crippen LogP contribution in [0.5, 0.6) is 11.5 Å². The lowest BCUT2D eigenvalue weighted by molar-refractivity contribution is 0.102. The zero-order chi connectivity index (χ0) is 26.5. The number of aromatic nitrogens is 1. The highest BCUT2D eigenvalue weighted by Gasteiger charge is 2.30. The van der Waals surface area contributed by atoms with Gasteiger partial charge in [-0.25, -0.2) is 9.99 Å². The molecule has 8 nitrogen and oxygen atoms in total. The molecule has 0 saturated carbocycles. The maximum Gasteiger partial charge on any atom is 0.302 e. The molecule has 0 fully saturated rings. The molecule has 1 aromatic heterocycles. The zero-order valence-electron chi connectivity index (χ0n) is 21.5. The number of methoxy groups -OCH3 is 1. The summed E-state index contributed by atoms with van der Waals surface area (Å²) >= 11 is 2.65. The topological polar surface area (TPSA) is 93.1 Å². The third kappa shape index (κ3) is 6.14. The number of rotatable bonds is 9. The van der Waals surface area contributed by atoms with E-state index < -0.39 is 0 Å². The highest BCUT2D eigenvalue weighted by atomic mass is 32.2. The van der Waals surface area contributed by atoms with Crippen molar-refractivity contribution >= 4 is 45.6 Å². The Morgan fingerprint density at radius 3 is 2.49 bits per heavy atom. The molecule has 37 heavy (non-hydrogen) atoms. The van der Waals surface area contributed by atoms with Gasteiger partial charge in [0.1, 0.15) is 4.88 Å². The number of hydrogen-bond donors (Lipinski definition) is 1. The van der Waals surface area contributed by atoms with Gasteiger partial charge in [-0.05, 0) is 63.1 Å². The van der Waals surface area contributed by atoms with Gasteiger partial charge in [-0.2, -0.15) is 5.10 Å². The monoisotopic (exact) mass is 538 g/mol. The van der Waals surface area contributed by atoms with Crippen molar-refractivity contribution in [2.45, 2.75) is 45.9 Å². The van der Waals surface area contributed by atoms with Gasteiger partial charge in [0.25, 0.3) is 5.91 Å². The van der Waals surface area contributed by atoms with E-state index in [1.165, 1.54) is 28.1 Å². The second-order valence-corrected chi connectivity index (χ2v) is 10.8. The molecule has 1 unspecified atom stereocenters. The molecule has 2 amide bonds. The molecule has 1 N–H and O–H groups in total. The average Bonchev–Trinajstić information content (AvgIpc) is 3.24. The molecule has 3 aromatic rings. The first-order valence-electron chi connectivity index (χ1n) is 12.0. The fourth-order valence-electron chi connectivity index (χ4n) is 3.99. The van der Waals surface area contributed by atoms with Crippen molar-refractivity contribution in [3.8, 4) is 11.5 Å². The molecule has 0 radical (unpaired) electrons. The van der Waals surface area contributed by atoms with Crippen LogP contribution in [0.4, 0.5) is 10.5 Å². The minimum absolute atomic E-state index is 0.0529. The molecule has 194 valence electrons. The Labute approximate surface area is 225 Å². The molecule has 0 spiro atoms. The smallest absolute Gasteiger partial charge is 0.302 e. The van der Waals surface area contributed by atoms with Crippen molar-refractivity contribution in [3.63, 3.8) is 0 Å². The van der Waals surface area contributed by atoms with Crippen LogP contribution in [0.2, 0.25) is 0 Å². The number of aryl methyl sites for hydroxylation is 2. The van der Waals surface area contributed by atoms with Crippen LogP contribution in [0, 0.1) is 13.8 Å². The van der Waals surface area contributed by atoms with E-state index in [4.69, 9.17) is 14.6 Å². The van der Waals surface area contributed by atoms with Crippen molar-refractivity contribution < 1.29 is 19.1 Å². The van der Waals surface area contributed by atoms with E-state index in [0.29, 0.717) is 35.2 Å². The number of ether oxygens (including phenoxy) is 2. The van der Waals surface area contributed by atoms with E-state index in [2.05, 4.69) is 10.3 Å². The van der Waals surface area contributed by atoms with Crippen LogP contribution in [0.25, 0.3) is 0 Å². The van der Waals surface area contributed by atoms with E-state index in [9.17, 15) is 9.59 Å². The first-order chi connectivity index (χ1) is 17.8. The summed E-state index contributed by atoms with van der Waals surface area (Å²) in [5.41, 5.74) is 4.02. The van der Waals surface area contributed by atoms with Gasteiger partial charge in [-0.15, -0.1) is 11.3 Å². The van der Waals surface area contributed by atoms with Crippen molar-refractivity contribution in [3.05, 3.63) is 69.2 Å². The van der Waals surface area contributed by atoms with Crippen LogP contribution in [0.15, 0.2) is 47.6 Å². The molecular weight excluding hydrogens is 508 g/mol. The summed E-state index contributed by atoms with van der Waals surface area (Å²) in [5, 5.41) is 9.88. The fourth-order valence-corrected chi connectivity index (χ4v) is 5.74. The molecule has 1 atom stereocenters. The molecule has 2 heterocycles. The number of thiazole rings is 1. The predicted octanol–water partition coefficient (Wildman–Crippen LogP) is 6.27. The predicted molar refractivity (Wildman–Crippen MR) is 149 cm³/mol. The normalized spacial score (nSPS) is 15.4. The van der Waals surface area contributed by atoms with E-state index in [1.807, 2.05) is 70.2 Å². The highest BCUT2D eigenvalue weighted by Crippen LogP contribution is 2.34. The lowest BCUT2D eigenvalue weighted by atomic mass is 10.0. The standard InChI is InChI=1S/C27H30N4O4S2/c1-6-23-24(19-10-13-21(35-7-2)22(14-19)34-5)30-31(27(33)37-23)15-18-8-11-20(12-9-18)29-26(32)25-16(3)28-17(4)36-25/h8-14,23H,6-7,15H2,1-5H3,(H,29,32). The number of nitrogens with one attached hydrogen (secondary N) is 1. The van der Waals surface area contributed by atoms with E-state index in [-0.39, 0.29) is 16.4 Å². The van der Waals surface area contributed by atoms with Gasteiger partial charge >= 0.3 is 5.24 Å². The first-order valence-corrected chi connectivity index (χ1v) is 13.7. The number of amides is 2. The summed E-state index contributed by atoms with van der Waals surface area (Å²) in [6, 6.07) is 13.2. The van der Waals surface area contributed by atoms with Crippen molar-refractivity contribution in [1.82, 2.24) is 9.99 Å².